The van der Waals surface area contributed by atoms with Gasteiger partial charge in [0, 0.05) is 13.1 Å². The number of benzene rings is 2. The number of piperidine rings is 1. The third-order valence-electron chi connectivity index (χ3n) is 4.63. The maximum atomic E-state index is 13.0. The first-order valence-electron chi connectivity index (χ1n) is 9.12. The normalized spacial score (nSPS) is 15.8. The highest BCUT2D eigenvalue weighted by molar-refractivity contribution is 5.87. The van der Waals surface area contributed by atoms with E-state index in [1.807, 2.05) is 48.5 Å². The Hall–Kier alpha value is -2.86. The van der Waals surface area contributed by atoms with Gasteiger partial charge in [0.25, 0.3) is 0 Å². The lowest BCUT2D eigenvalue weighted by Crippen LogP contribution is -2.47. The number of carbonyl (C=O) groups excluding carboxylic acids is 2. The van der Waals surface area contributed by atoms with Gasteiger partial charge in [-0.1, -0.05) is 60.7 Å². The third kappa shape index (κ3) is 5.31. The van der Waals surface area contributed by atoms with Gasteiger partial charge in [-0.25, -0.2) is 4.79 Å². The van der Waals surface area contributed by atoms with Crippen LogP contribution in [-0.2, 0) is 16.1 Å². The van der Waals surface area contributed by atoms with Gasteiger partial charge >= 0.3 is 6.09 Å². The van der Waals surface area contributed by atoms with Crippen LogP contribution in [0.25, 0.3) is 0 Å². The zero-order valence-corrected chi connectivity index (χ0v) is 15.1. The largest absolute Gasteiger partial charge is 0.445 e. The summed E-state index contributed by atoms with van der Waals surface area (Å²) in [4.78, 5) is 27.0. The van der Waals surface area contributed by atoms with Gasteiger partial charge in [0.05, 0.1) is 6.10 Å². The van der Waals surface area contributed by atoms with E-state index in [1.165, 1.54) is 0 Å². The highest BCUT2D eigenvalue weighted by atomic mass is 16.5. The first kappa shape index (κ1) is 18.9. The van der Waals surface area contributed by atoms with Crippen molar-refractivity contribution in [3.63, 3.8) is 0 Å². The van der Waals surface area contributed by atoms with E-state index in [0.717, 1.165) is 5.56 Å². The lowest BCUT2D eigenvalue weighted by molar-refractivity contribution is -0.135. The topological polar surface area (TPSA) is 78.9 Å². The summed E-state index contributed by atoms with van der Waals surface area (Å²) >= 11 is 0. The number of aliphatic hydroxyl groups is 1. The van der Waals surface area contributed by atoms with Crippen LogP contribution in [0.5, 0.6) is 0 Å². The van der Waals surface area contributed by atoms with Crippen LogP contribution in [0.1, 0.15) is 30.0 Å². The number of nitrogens with zero attached hydrogens (tertiary/aromatic N) is 1. The van der Waals surface area contributed by atoms with Gasteiger partial charge in [-0.3, -0.25) is 4.79 Å². The van der Waals surface area contributed by atoms with Crippen molar-refractivity contribution < 1.29 is 19.4 Å². The number of alkyl carbamates (subject to hydrolysis) is 1. The number of carbonyl (C=O) groups is 2. The minimum Gasteiger partial charge on any atom is -0.445 e. The average molecular weight is 368 g/mol. The summed E-state index contributed by atoms with van der Waals surface area (Å²) < 4.78 is 5.27. The van der Waals surface area contributed by atoms with Crippen molar-refractivity contribution in [3.05, 3.63) is 71.8 Å². The van der Waals surface area contributed by atoms with Gasteiger partial charge in [-0.15, -0.1) is 0 Å². The maximum absolute atomic E-state index is 13.0. The number of hydrogen-bond donors (Lipinski definition) is 2. The molecule has 0 radical (unpaired) electrons. The first-order valence-corrected chi connectivity index (χ1v) is 9.12. The molecule has 2 aromatic rings. The Kier molecular flexibility index (Phi) is 6.44. The van der Waals surface area contributed by atoms with Crippen molar-refractivity contribution in [2.24, 2.45) is 0 Å². The summed E-state index contributed by atoms with van der Waals surface area (Å²) in [5.41, 5.74) is 1.57. The van der Waals surface area contributed by atoms with Crippen molar-refractivity contribution in [1.29, 1.82) is 0 Å². The molecule has 0 bridgehead atoms. The summed E-state index contributed by atoms with van der Waals surface area (Å²) in [5.74, 6) is -0.190. The van der Waals surface area contributed by atoms with Crippen LogP contribution in [0, 0.1) is 0 Å². The van der Waals surface area contributed by atoms with Crippen LogP contribution in [0.4, 0.5) is 4.79 Å². The van der Waals surface area contributed by atoms with Crippen LogP contribution in [0.2, 0.25) is 0 Å². The standard InChI is InChI=1S/C21H24N2O4/c24-18-11-13-23(14-12-18)20(25)19(17-9-5-2-6-10-17)22-21(26)27-15-16-7-3-1-4-8-16/h1-10,18-19,24H,11-15H2,(H,22,26)/t19-/m1/s1. The molecular formula is C21H24N2O4. The Morgan fingerprint density at radius 1 is 1.04 bits per heavy atom. The molecule has 0 spiro atoms. The van der Waals surface area contributed by atoms with Crippen LogP contribution >= 0.6 is 0 Å². The van der Waals surface area contributed by atoms with E-state index in [2.05, 4.69) is 5.32 Å². The molecule has 142 valence electrons. The summed E-state index contributed by atoms with van der Waals surface area (Å²) in [6.45, 7) is 1.09. The molecule has 2 amide bonds. The van der Waals surface area contributed by atoms with Gasteiger partial charge in [0.1, 0.15) is 12.6 Å². The van der Waals surface area contributed by atoms with E-state index in [4.69, 9.17) is 4.74 Å². The molecule has 27 heavy (non-hydrogen) atoms. The highest BCUT2D eigenvalue weighted by Gasteiger charge is 2.30. The highest BCUT2D eigenvalue weighted by Crippen LogP contribution is 2.19. The molecule has 2 aromatic carbocycles. The van der Waals surface area contributed by atoms with Crippen LogP contribution in [-0.4, -0.2) is 41.2 Å². The second kappa shape index (κ2) is 9.19. The molecule has 1 fully saturated rings. The second-order valence-corrected chi connectivity index (χ2v) is 6.61. The number of amides is 2. The molecule has 0 saturated carbocycles. The Labute approximate surface area is 158 Å². The SMILES string of the molecule is O=C(N[C@@H](C(=O)N1CCC(O)CC1)c1ccccc1)OCc1ccccc1. The van der Waals surface area contributed by atoms with E-state index in [-0.39, 0.29) is 18.6 Å². The zero-order chi connectivity index (χ0) is 19.1. The number of aliphatic hydroxyl groups excluding tert-OH is 1. The first-order chi connectivity index (χ1) is 13.1. The molecule has 2 N–H and O–H groups in total. The molecular weight excluding hydrogens is 344 g/mol. The molecule has 0 aliphatic carbocycles. The predicted molar refractivity (Wildman–Crippen MR) is 101 cm³/mol. The van der Waals surface area contributed by atoms with E-state index < -0.39 is 12.1 Å². The smallest absolute Gasteiger partial charge is 0.408 e. The average Bonchev–Trinajstić information content (AvgIpc) is 2.72. The van der Waals surface area contributed by atoms with Crippen molar-refractivity contribution in [2.45, 2.75) is 31.6 Å². The molecule has 6 heteroatoms. The molecule has 1 atom stereocenters. The fourth-order valence-electron chi connectivity index (χ4n) is 3.08. The monoisotopic (exact) mass is 368 g/mol. The van der Waals surface area contributed by atoms with Gasteiger partial charge in [-0.2, -0.15) is 0 Å². The van der Waals surface area contributed by atoms with Crippen LogP contribution in [0.3, 0.4) is 0 Å². The van der Waals surface area contributed by atoms with E-state index in [9.17, 15) is 14.7 Å². The molecule has 3 rings (SSSR count). The second-order valence-electron chi connectivity index (χ2n) is 6.61. The number of rotatable bonds is 5. The number of hydrogen-bond acceptors (Lipinski definition) is 4. The van der Waals surface area contributed by atoms with Crippen molar-refractivity contribution in [3.8, 4) is 0 Å². The van der Waals surface area contributed by atoms with E-state index >= 15 is 0 Å². The fraction of sp³-hybridized carbons (Fsp3) is 0.333. The van der Waals surface area contributed by atoms with Gasteiger partial charge in [0.2, 0.25) is 5.91 Å². The molecule has 1 saturated heterocycles. The number of likely N-dealkylation sites (tertiary alicyclic amines) is 1. The van der Waals surface area contributed by atoms with Gasteiger partial charge in [-0.05, 0) is 24.0 Å². The maximum Gasteiger partial charge on any atom is 0.408 e. The Morgan fingerprint density at radius 3 is 2.26 bits per heavy atom. The number of nitrogens with one attached hydrogen (secondary N) is 1. The van der Waals surface area contributed by atoms with Gasteiger partial charge < -0.3 is 20.1 Å². The lowest BCUT2D eigenvalue weighted by Gasteiger charge is -2.32. The zero-order valence-electron chi connectivity index (χ0n) is 15.1. The number of ether oxygens (including phenoxy) is 1. The summed E-state index contributed by atoms with van der Waals surface area (Å²) in [6, 6.07) is 17.7. The molecule has 1 aliphatic heterocycles. The van der Waals surface area contributed by atoms with Gasteiger partial charge in [0.15, 0.2) is 0 Å². The van der Waals surface area contributed by atoms with Crippen molar-refractivity contribution >= 4 is 12.0 Å². The Bertz CT molecular complexity index is 743. The molecule has 0 unspecified atom stereocenters. The molecule has 0 aromatic heterocycles. The van der Waals surface area contributed by atoms with E-state index in [0.29, 0.717) is 31.5 Å². The van der Waals surface area contributed by atoms with Crippen molar-refractivity contribution in [2.75, 3.05) is 13.1 Å². The fourth-order valence-corrected chi connectivity index (χ4v) is 3.08. The molecule has 6 nitrogen and oxygen atoms in total. The molecule has 1 aliphatic rings. The lowest BCUT2D eigenvalue weighted by atomic mass is 10.0. The summed E-state index contributed by atoms with van der Waals surface area (Å²) in [6.07, 6.45) is 0.0864. The van der Waals surface area contributed by atoms with Crippen LogP contribution < -0.4 is 5.32 Å². The minimum absolute atomic E-state index is 0.137. The Morgan fingerprint density at radius 2 is 1.63 bits per heavy atom. The minimum atomic E-state index is -0.815. The quantitative estimate of drug-likeness (QED) is 0.850. The Balaban J connectivity index is 1.66. The predicted octanol–water partition coefficient (Wildman–Crippen LogP) is 2.64. The summed E-state index contributed by atoms with van der Waals surface area (Å²) in [5, 5.41) is 12.4. The molecule has 1 heterocycles. The van der Waals surface area contributed by atoms with E-state index in [1.54, 1.807) is 17.0 Å². The third-order valence-corrected chi connectivity index (χ3v) is 4.63. The van der Waals surface area contributed by atoms with Crippen LogP contribution in [0.15, 0.2) is 60.7 Å². The van der Waals surface area contributed by atoms with Crippen molar-refractivity contribution in [1.82, 2.24) is 10.2 Å². The summed E-state index contributed by atoms with van der Waals surface area (Å²) in [7, 11) is 0.